The topological polar surface area (TPSA) is 182 Å². The van der Waals surface area contributed by atoms with Crippen LogP contribution < -0.4 is 15.6 Å². The van der Waals surface area contributed by atoms with Crippen LogP contribution in [0.25, 0.3) is 21.9 Å². The number of pyridine rings is 1. The maximum Gasteiger partial charge on any atom is 0.524 e. The highest BCUT2D eigenvalue weighted by Gasteiger charge is 2.21. The third-order valence-corrected chi connectivity index (χ3v) is 7.12. The number of ether oxygens (including phenoxy) is 1. The number of aromatic hydroxyl groups is 1. The Morgan fingerprint density at radius 2 is 1.95 bits per heavy atom. The average molecular weight is 606 g/mol. The summed E-state index contributed by atoms with van der Waals surface area (Å²) < 4.78 is 23.7. The number of nitrogens with one attached hydrogen (secondary N) is 1. The Hall–Kier alpha value is -3.41. The molecule has 4 aromatic rings. The van der Waals surface area contributed by atoms with Crippen LogP contribution >= 0.6 is 19.4 Å². The standard InChI is InChI=1S/C27H33ClN5O7P/c1-2-3-4-23-32-25-26(33(23)16-18-14-19(6-8-22(18)34)40-41(36,37)38)20-7-5-17(13-21(20)31-27(25)29)9-11-39-12-10-30-24(35)15-28/h5-8,13-14,34H,2-4,9-12,15-16H2,1H3,(H2,29,31)(H,30,35)(H2,36,37,38). The number of amides is 1. The van der Waals surface area contributed by atoms with Crippen molar-refractivity contribution >= 4 is 53.1 Å². The van der Waals surface area contributed by atoms with Crippen LogP contribution in [0.3, 0.4) is 0 Å². The number of phenolic OH excluding ortho intramolecular Hbond substituents is 1. The Labute approximate surface area is 241 Å². The first-order chi connectivity index (χ1) is 19.6. The number of nitrogen functional groups attached to an aromatic ring is 1. The zero-order valence-electron chi connectivity index (χ0n) is 22.5. The monoisotopic (exact) mass is 605 g/mol. The van der Waals surface area contributed by atoms with Gasteiger partial charge in [0.1, 0.15) is 28.7 Å². The van der Waals surface area contributed by atoms with Gasteiger partial charge in [-0.1, -0.05) is 25.5 Å². The fourth-order valence-corrected chi connectivity index (χ4v) is 4.99. The zero-order valence-corrected chi connectivity index (χ0v) is 24.2. The van der Waals surface area contributed by atoms with Gasteiger partial charge in [0.15, 0.2) is 5.82 Å². The summed E-state index contributed by atoms with van der Waals surface area (Å²) in [6, 6.07) is 9.90. The van der Waals surface area contributed by atoms with Crippen LogP contribution in [-0.2, 0) is 33.5 Å². The van der Waals surface area contributed by atoms with Crippen molar-refractivity contribution in [1.29, 1.82) is 0 Å². The molecule has 0 fully saturated rings. The number of nitrogens with two attached hydrogens (primary N) is 1. The summed E-state index contributed by atoms with van der Waals surface area (Å²) in [6.45, 7) is 3.44. The van der Waals surface area contributed by atoms with Crippen LogP contribution in [0, 0.1) is 0 Å². The molecule has 14 heteroatoms. The van der Waals surface area contributed by atoms with Crippen LogP contribution in [0.4, 0.5) is 5.82 Å². The number of fused-ring (bicyclic) bond motifs is 3. The molecule has 1 amide bonds. The molecule has 41 heavy (non-hydrogen) atoms. The second kappa shape index (κ2) is 13.5. The highest BCUT2D eigenvalue weighted by molar-refractivity contribution is 7.46. The van der Waals surface area contributed by atoms with Gasteiger partial charge in [0.05, 0.1) is 30.8 Å². The van der Waals surface area contributed by atoms with Crippen molar-refractivity contribution in [3.63, 3.8) is 0 Å². The molecule has 2 aromatic carbocycles. The highest BCUT2D eigenvalue weighted by atomic mass is 35.5. The number of imidazole rings is 1. The van der Waals surface area contributed by atoms with Crippen molar-refractivity contribution in [3.8, 4) is 11.5 Å². The lowest BCUT2D eigenvalue weighted by Crippen LogP contribution is -2.28. The smallest absolute Gasteiger partial charge is 0.508 e. The molecule has 0 aliphatic carbocycles. The van der Waals surface area contributed by atoms with E-state index >= 15 is 0 Å². The first-order valence-corrected chi connectivity index (χ1v) is 15.2. The van der Waals surface area contributed by atoms with E-state index in [2.05, 4.69) is 17.2 Å². The molecule has 0 atom stereocenters. The van der Waals surface area contributed by atoms with Gasteiger partial charge in [-0.05, 0) is 42.7 Å². The normalized spacial score (nSPS) is 11.8. The number of hydrogen-bond donors (Lipinski definition) is 5. The molecule has 0 bridgehead atoms. The van der Waals surface area contributed by atoms with E-state index in [1.54, 1.807) is 0 Å². The van der Waals surface area contributed by atoms with Gasteiger partial charge in [-0.25, -0.2) is 14.5 Å². The predicted molar refractivity (Wildman–Crippen MR) is 156 cm³/mol. The average Bonchev–Trinajstić information content (AvgIpc) is 3.29. The van der Waals surface area contributed by atoms with Gasteiger partial charge in [0, 0.05) is 23.9 Å². The van der Waals surface area contributed by atoms with Crippen LogP contribution in [0.2, 0.25) is 0 Å². The number of carbonyl (C=O) groups is 1. The summed E-state index contributed by atoms with van der Waals surface area (Å²) in [7, 11) is -4.78. The van der Waals surface area contributed by atoms with Gasteiger partial charge in [-0.15, -0.1) is 11.6 Å². The lowest BCUT2D eigenvalue weighted by molar-refractivity contribution is -0.118. The summed E-state index contributed by atoms with van der Waals surface area (Å²) in [5, 5.41) is 14.1. The van der Waals surface area contributed by atoms with Crippen molar-refractivity contribution in [2.75, 3.05) is 31.4 Å². The number of carbonyl (C=O) groups excluding carboxylic acids is 1. The van der Waals surface area contributed by atoms with E-state index in [1.165, 1.54) is 18.2 Å². The van der Waals surface area contributed by atoms with Crippen molar-refractivity contribution < 1.29 is 33.5 Å². The first-order valence-electron chi connectivity index (χ1n) is 13.1. The first kappa shape index (κ1) is 30.5. The zero-order chi connectivity index (χ0) is 29.6. The van der Waals surface area contributed by atoms with E-state index in [0.29, 0.717) is 49.2 Å². The van der Waals surface area contributed by atoms with Gasteiger partial charge >= 0.3 is 7.82 Å². The van der Waals surface area contributed by atoms with Crippen molar-refractivity contribution in [3.05, 3.63) is 53.3 Å². The van der Waals surface area contributed by atoms with Gasteiger partial charge < -0.3 is 30.0 Å². The summed E-state index contributed by atoms with van der Waals surface area (Å²) in [5.41, 5.74) is 9.73. The second-order valence-electron chi connectivity index (χ2n) is 9.48. The molecule has 2 heterocycles. The molecule has 0 radical (unpaired) electrons. The number of phosphoric ester groups is 1. The number of halogens is 1. The van der Waals surface area contributed by atoms with Gasteiger partial charge in [-0.2, -0.15) is 0 Å². The lowest BCUT2D eigenvalue weighted by Gasteiger charge is -2.14. The minimum absolute atomic E-state index is 0.0535. The van der Waals surface area contributed by atoms with Gasteiger partial charge in [0.2, 0.25) is 5.91 Å². The van der Waals surface area contributed by atoms with Crippen LogP contribution in [0.1, 0.15) is 36.7 Å². The molecule has 0 unspecified atom stereocenters. The lowest BCUT2D eigenvalue weighted by atomic mass is 10.1. The molecule has 0 aliphatic rings. The second-order valence-corrected chi connectivity index (χ2v) is 10.9. The van der Waals surface area contributed by atoms with Crippen molar-refractivity contribution in [2.24, 2.45) is 0 Å². The van der Waals surface area contributed by atoms with Crippen molar-refractivity contribution in [2.45, 2.75) is 39.2 Å². The van der Waals surface area contributed by atoms with E-state index in [-0.39, 0.29) is 35.6 Å². The quantitative estimate of drug-likeness (QED) is 0.0808. The molecule has 6 N–H and O–H groups in total. The maximum atomic E-state index is 11.4. The number of anilines is 1. The van der Waals surface area contributed by atoms with E-state index in [1.807, 2.05) is 22.8 Å². The number of rotatable bonds is 14. The third-order valence-electron chi connectivity index (χ3n) is 6.43. The molecule has 0 aliphatic heterocycles. The molecule has 4 rings (SSSR count). The summed E-state index contributed by atoms with van der Waals surface area (Å²) >= 11 is 5.46. The largest absolute Gasteiger partial charge is 0.524 e. The molecule has 12 nitrogen and oxygen atoms in total. The summed E-state index contributed by atoms with van der Waals surface area (Å²) in [5.74, 6) is 0.580. The van der Waals surface area contributed by atoms with Crippen LogP contribution in [0.15, 0.2) is 36.4 Å². The Bertz CT molecular complexity index is 1590. The van der Waals surface area contributed by atoms with E-state index in [0.717, 1.165) is 35.1 Å². The molecule has 0 saturated heterocycles. The number of hydrogen-bond acceptors (Lipinski definition) is 8. The van der Waals surface area contributed by atoms with Crippen molar-refractivity contribution in [1.82, 2.24) is 19.9 Å². The molecule has 220 valence electrons. The predicted octanol–water partition coefficient (Wildman–Crippen LogP) is 3.65. The minimum atomic E-state index is -4.78. The fraction of sp³-hybridized carbons (Fsp3) is 0.370. The minimum Gasteiger partial charge on any atom is -0.508 e. The SMILES string of the molecule is CCCCc1nc2c(N)nc3cc(CCOCCNC(=O)CCl)ccc3c2n1Cc1cc(OP(=O)(O)O)ccc1O. The molecule has 0 spiro atoms. The van der Waals surface area contributed by atoms with Crippen LogP contribution in [0.5, 0.6) is 11.5 Å². The summed E-state index contributed by atoms with van der Waals surface area (Å²) in [4.78, 5) is 39.1. The number of alkyl halides is 1. The number of nitrogens with zero attached hydrogens (tertiary/aromatic N) is 3. The highest BCUT2D eigenvalue weighted by Crippen LogP contribution is 2.39. The Balaban J connectivity index is 1.66. The Kier molecular flexibility index (Phi) is 10.1. The Morgan fingerprint density at radius 1 is 1.15 bits per heavy atom. The van der Waals surface area contributed by atoms with E-state index in [4.69, 9.17) is 31.6 Å². The number of phenols is 1. The number of aryl methyl sites for hydroxylation is 1. The van der Waals surface area contributed by atoms with E-state index < -0.39 is 7.82 Å². The molecular formula is C27H33ClN5O7P. The van der Waals surface area contributed by atoms with Gasteiger partial charge in [-0.3, -0.25) is 14.6 Å². The fourth-order valence-electron chi connectivity index (χ4n) is 4.51. The number of benzene rings is 2. The molecular weight excluding hydrogens is 573 g/mol. The molecule has 2 aromatic heterocycles. The maximum absolute atomic E-state index is 11.4. The van der Waals surface area contributed by atoms with Crippen LogP contribution in [-0.4, -0.2) is 61.0 Å². The summed E-state index contributed by atoms with van der Waals surface area (Å²) in [6.07, 6.45) is 3.10. The van der Waals surface area contributed by atoms with E-state index in [9.17, 15) is 24.3 Å². The number of unbranched alkanes of at least 4 members (excludes halogenated alkanes) is 1. The third kappa shape index (κ3) is 7.87. The molecule has 0 saturated carbocycles. The number of phosphoric acid groups is 1. The Morgan fingerprint density at radius 3 is 2.68 bits per heavy atom. The van der Waals surface area contributed by atoms with Gasteiger partial charge in [0.25, 0.3) is 0 Å². The number of aromatic nitrogens is 3.